The van der Waals surface area contributed by atoms with E-state index in [0.717, 1.165) is 25.8 Å². The van der Waals surface area contributed by atoms with Gasteiger partial charge in [-0.25, -0.2) is 0 Å². The van der Waals surface area contributed by atoms with Crippen LogP contribution in [0, 0.1) is 12.3 Å². The van der Waals surface area contributed by atoms with E-state index in [-0.39, 0.29) is 24.9 Å². The predicted octanol–water partition coefficient (Wildman–Crippen LogP) is 1.51. The second kappa shape index (κ2) is 8.88. The van der Waals surface area contributed by atoms with Gasteiger partial charge in [0.2, 0.25) is 5.91 Å². The number of rotatable bonds is 4. The number of hydrogen-bond donors (Lipinski definition) is 2. The first kappa shape index (κ1) is 18.5. The van der Waals surface area contributed by atoms with Crippen molar-refractivity contribution in [3.05, 3.63) is 29.8 Å². The fraction of sp³-hybridized carbons (Fsp3) is 0.421. The standard InChI is InChI=1S/C19H23N3O3/c1-3-15-8-6-9-16(13-15)21-19(25)18(24)20-11-10-17(23)22-12-5-4-7-14(22)2/h1,6,8-9,13-14H,4-5,7,10-12H2,2H3,(H,20,24)(H,21,25)/t14-/m1/s1. The monoisotopic (exact) mass is 341 g/mol. The van der Waals surface area contributed by atoms with Crippen LogP contribution >= 0.6 is 0 Å². The predicted molar refractivity (Wildman–Crippen MR) is 95.7 cm³/mol. The molecular formula is C19H23N3O3. The highest BCUT2D eigenvalue weighted by molar-refractivity contribution is 6.39. The van der Waals surface area contributed by atoms with Gasteiger partial charge in [-0.3, -0.25) is 14.4 Å². The van der Waals surface area contributed by atoms with E-state index in [1.54, 1.807) is 24.3 Å². The molecule has 2 rings (SSSR count). The van der Waals surface area contributed by atoms with Gasteiger partial charge in [-0.1, -0.05) is 12.0 Å². The highest BCUT2D eigenvalue weighted by atomic mass is 16.2. The minimum atomic E-state index is -0.784. The molecular weight excluding hydrogens is 318 g/mol. The zero-order chi connectivity index (χ0) is 18.2. The molecule has 6 heteroatoms. The van der Waals surface area contributed by atoms with Crippen molar-refractivity contribution >= 4 is 23.4 Å². The molecule has 1 aliphatic rings. The van der Waals surface area contributed by atoms with Crippen LogP contribution in [0.4, 0.5) is 5.69 Å². The normalized spacial score (nSPS) is 16.6. The Hall–Kier alpha value is -2.81. The average molecular weight is 341 g/mol. The first-order valence-corrected chi connectivity index (χ1v) is 8.46. The molecule has 132 valence electrons. The number of hydrogen-bond acceptors (Lipinski definition) is 3. The van der Waals surface area contributed by atoms with Crippen LogP contribution < -0.4 is 10.6 Å². The quantitative estimate of drug-likeness (QED) is 0.644. The largest absolute Gasteiger partial charge is 0.347 e. The van der Waals surface area contributed by atoms with Crippen LogP contribution in [0.3, 0.4) is 0 Å². The second-order valence-corrected chi connectivity index (χ2v) is 6.12. The molecule has 0 aromatic heterocycles. The van der Waals surface area contributed by atoms with Crippen molar-refractivity contribution in [2.75, 3.05) is 18.4 Å². The summed E-state index contributed by atoms with van der Waals surface area (Å²) >= 11 is 0. The van der Waals surface area contributed by atoms with Crippen molar-refractivity contribution in [3.8, 4) is 12.3 Å². The van der Waals surface area contributed by atoms with Gasteiger partial charge in [0, 0.05) is 36.8 Å². The third-order valence-electron chi connectivity index (χ3n) is 4.24. The summed E-state index contributed by atoms with van der Waals surface area (Å²) in [7, 11) is 0. The van der Waals surface area contributed by atoms with Crippen molar-refractivity contribution < 1.29 is 14.4 Å². The SMILES string of the molecule is C#Cc1cccc(NC(=O)C(=O)NCCC(=O)N2CCCC[C@H]2C)c1. The number of nitrogens with zero attached hydrogens (tertiary/aromatic N) is 1. The summed E-state index contributed by atoms with van der Waals surface area (Å²) in [5, 5.41) is 4.96. The second-order valence-electron chi connectivity index (χ2n) is 6.12. The lowest BCUT2D eigenvalue weighted by Gasteiger charge is -2.33. The summed E-state index contributed by atoms with van der Waals surface area (Å²) in [6.45, 7) is 2.94. The van der Waals surface area contributed by atoms with Crippen LogP contribution in [0.5, 0.6) is 0 Å². The van der Waals surface area contributed by atoms with E-state index >= 15 is 0 Å². The lowest BCUT2D eigenvalue weighted by atomic mass is 10.0. The Bertz CT molecular complexity index is 693. The smallest absolute Gasteiger partial charge is 0.313 e. The van der Waals surface area contributed by atoms with Gasteiger partial charge in [0.1, 0.15) is 0 Å². The molecule has 0 spiro atoms. The maximum Gasteiger partial charge on any atom is 0.313 e. The Morgan fingerprint density at radius 1 is 1.28 bits per heavy atom. The lowest BCUT2D eigenvalue weighted by Crippen LogP contribution is -2.44. The number of likely N-dealkylation sites (tertiary alicyclic amines) is 1. The fourth-order valence-electron chi connectivity index (χ4n) is 2.85. The topological polar surface area (TPSA) is 78.5 Å². The van der Waals surface area contributed by atoms with Crippen molar-refractivity contribution in [2.45, 2.75) is 38.6 Å². The first-order valence-electron chi connectivity index (χ1n) is 8.46. The van der Waals surface area contributed by atoms with Crippen molar-refractivity contribution in [1.82, 2.24) is 10.2 Å². The molecule has 0 unspecified atom stereocenters. The highest BCUT2D eigenvalue weighted by Gasteiger charge is 2.23. The van der Waals surface area contributed by atoms with Gasteiger partial charge in [0.25, 0.3) is 0 Å². The molecule has 3 amide bonds. The summed E-state index contributed by atoms with van der Waals surface area (Å²) in [5.41, 5.74) is 1.06. The Kier molecular flexibility index (Phi) is 6.58. The molecule has 2 N–H and O–H groups in total. The summed E-state index contributed by atoms with van der Waals surface area (Å²) in [5.74, 6) is 0.909. The molecule has 1 aliphatic heterocycles. The maximum absolute atomic E-state index is 12.2. The molecule has 1 aromatic rings. The molecule has 0 radical (unpaired) electrons. The Balaban J connectivity index is 1.76. The van der Waals surface area contributed by atoms with Crippen LogP contribution in [0.2, 0.25) is 0 Å². The van der Waals surface area contributed by atoms with Crippen LogP contribution in [0.1, 0.15) is 38.2 Å². The zero-order valence-corrected chi connectivity index (χ0v) is 14.4. The lowest BCUT2D eigenvalue weighted by molar-refractivity contribution is -0.137. The third kappa shape index (κ3) is 5.35. The van der Waals surface area contributed by atoms with E-state index in [9.17, 15) is 14.4 Å². The molecule has 0 bridgehead atoms. The van der Waals surface area contributed by atoms with Gasteiger partial charge < -0.3 is 15.5 Å². The molecule has 1 fully saturated rings. The third-order valence-corrected chi connectivity index (χ3v) is 4.24. The van der Waals surface area contributed by atoms with Gasteiger partial charge in [0.15, 0.2) is 0 Å². The Morgan fingerprint density at radius 2 is 2.08 bits per heavy atom. The average Bonchev–Trinajstić information content (AvgIpc) is 2.62. The molecule has 1 aromatic carbocycles. The number of terminal acetylenes is 1. The summed E-state index contributed by atoms with van der Waals surface area (Å²) in [6, 6.07) is 6.91. The number of carbonyl (C=O) groups is 3. The van der Waals surface area contributed by atoms with Crippen molar-refractivity contribution in [3.63, 3.8) is 0 Å². The van der Waals surface area contributed by atoms with E-state index in [1.165, 1.54) is 0 Å². The summed E-state index contributed by atoms with van der Waals surface area (Å²) < 4.78 is 0. The first-order chi connectivity index (χ1) is 12.0. The molecule has 1 atom stereocenters. The van der Waals surface area contributed by atoms with Crippen molar-refractivity contribution in [1.29, 1.82) is 0 Å². The summed E-state index contributed by atoms with van der Waals surface area (Å²) in [4.78, 5) is 37.7. The van der Waals surface area contributed by atoms with E-state index in [2.05, 4.69) is 16.6 Å². The number of nitrogens with one attached hydrogen (secondary N) is 2. The van der Waals surface area contributed by atoms with Gasteiger partial charge in [0.05, 0.1) is 0 Å². The Labute approximate surface area is 148 Å². The minimum absolute atomic E-state index is 0.00892. The van der Waals surface area contributed by atoms with Crippen LogP contribution in [0.25, 0.3) is 0 Å². The van der Waals surface area contributed by atoms with Crippen LogP contribution in [-0.4, -0.2) is 41.8 Å². The van der Waals surface area contributed by atoms with E-state index in [0.29, 0.717) is 11.3 Å². The van der Waals surface area contributed by atoms with E-state index in [1.807, 2.05) is 11.8 Å². The van der Waals surface area contributed by atoms with Gasteiger partial charge in [-0.2, -0.15) is 0 Å². The number of anilines is 1. The van der Waals surface area contributed by atoms with Crippen LogP contribution in [-0.2, 0) is 14.4 Å². The van der Waals surface area contributed by atoms with Gasteiger partial charge in [-0.05, 0) is 44.4 Å². The number of piperidine rings is 1. The highest BCUT2D eigenvalue weighted by Crippen LogP contribution is 2.17. The molecule has 0 saturated carbocycles. The van der Waals surface area contributed by atoms with E-state index < -0.39 is 11.8 Å². The fourth-order valence-corrected chi connectivity index (χ4v) is 2.85. The number of carbonyl (C=O) groups excluding carboxylic acids is 3. The van der Waals surface area contributed by atoms with Gasteiger partial charge >= 0.3 is 11.8 Å². The van der Waals surface area contributed by atoms with Crippen molar-refractivity contribution in [2.24, 2.45) is 0 Å². The molecule has 1 saturated heterocycles. The summed E-state index contributed by atoms with van der Waals surface area (Å²) in [6.07, 6.45) is 8.66. The molecule has 1 heterocycles. The Morgan fingerprint density at radius 3 is 2.80 bits per heavy atom. The molecule has 25 heavy (non-hydrogen) atoms. The van der Waals surface area contributed by atoms with E-state index in [4.69, 9.17) is 6.42 Å². The molecule has 0 aliphatic carbocycles. The number of amides is 3. The maximum atomic E-state index is 12.2. The zero-order valence-electron chi connectivity index (χ0n) is 14.4. The van der Waals surface area contributed by atoms with Gasteiger partial charge in [-0.15, -0.1) is 6.42 Å². The van der Waals surface area contributed by atoms with Crippen LogP contribution in [0.15, 0.2) is 24.3 Å². The molecule has 6 nitrogen and oxygen atoms in total. The number of benzene rings is 1. The minimum Gasteiger partial charge on any atom is -0.347 e.